The average molecular weight is 444 g/mol. The van der Waals surface area contributed by atoms with Crippen molar-refractivity contribution in [2.45, 2.75) is 33.3 Å². The lowest BCUT2D eigenvalue weighted by Gasteiger charge is -2.16. The van der Waals surface area contributed by atoms with Gasteiger partial charge < -0.3 is 14.2 Å². The quantitative estimate of drug-likeness (QED) is 0.387. The number of thioether (sulfide) groups is 1. The van der Waals surface area contributed by atoms with E-state index in [9.17, 15) is 4.79 Å². The number of hydrogen-bond acceptors (Lipinski definition) is 6. The van der Waals surface area contributed by atoms with Crippen LogP contribution in [0.15, 0.2) is 47.4 Å². The maximum Gasteiger partial charge on any atom is 0.270 e. The molecule has 2 aromatic carbocycles. The third-order valence-electron chi connectivity index (χ3n) is 4.59. The fraction of sp³-hybridized carbons (Fsp3) is 0.304. The summed E-state index contributed by atoms with van der Waals surface area (Å²) in [6, 6.07) is 12.9. The van der Waals surface area contributed by atoms with Gasteiger partial charge in [0.15, 0.2) is 15.8 Å². The van der Waals surface area contributed by atoms with Gasteiger partial charge in [-0.2, -0.15) is 0 Å². The van der Waals surface area contributed by atoms with Crippen LogP contribution in [0.4, 0.5) is 5.69 Å². The van der Waals surface area contributed by atoms with Gasteiger partial charge >= 0.3 is 0 Å². The molecule has 0 saturated carbocycles. The Hall–Kier alpha value is -2.51. The molecule has 1 heterocycles. The van der Waals surface area contributed by atoms with Crippen LogP contribution in [0.3, 0.4) is 0 Å². The average Bonchev–Trinajstić information content (AvgIpc) is 3.03. The normalized spacial score (nSPS) is 16.1. The van der Waals surface area contributed by atoms with E-state index in [1.54, 1.807) is 7.11 Å². The number of benzene rings is 2. The minimum atomic E-state index is -0.145. The molecule has 2 aromatic rings. The summed E-state index contributed by atoms with van der Waals surface area (Å²) in [7, 11) is 1.60. The molecule has 1 amide bonds. The van der Waals surface area contributed by atoms with Crippen LogP contribution in [-0.4, -0.2) is 30.0 Å². The standard InChI is InChI=1S/C23H25NO4S2/c1-5-15(3)28-19-12-7-16(13-20(19)27-6-2)14-21-22(25)24(23(29)30-21)17-8-10-18(26-4)11-9-17/h7-15H,5-6H2,1-4H3/b21-14-/t15-/m1/s1. The van der Waals surface area contributed by atoms with Gasteiger partial charge in [-0.1, -0.05) is 37.0 Å². The smallest absolute Gasteiger partial charge is 0.270 e. The molecular formula is C23H25NO4S2. The summed E-state index contributed by atoms with van der Waals surface area (Å²) < 4.78 is 17.4. The van der Waals surface area contributed by atoms with Gasteiger partial charge in [-0.05, 0) is 68.3 Å². The van der Waals surface area contributed by atoms with Crippen molar-refractivity contribution >= 4 is 46.0 Å². The summed E-state index contributed by atoms with van der Waals surface area (Å²) in [5.41, 5.74) is 1.57. The largest absolute Gasteiger partial charge is 0.497 e. The summed E-state index contributed by atoms with van der Waals surface area (Å²) in [6.07, 6.45) is 2.83. The van der Waals surface area contributed by atoms with Crippen LogP contribution in [0, 0.1) is 0 Å². The van der Waals surface area contributed by atoms with Crippen molar-refractivity contribution < 1.29 is 19.0 Å². The number of methoxy groups -OCH3 is 1. The molecule has 5 nitrogen and oxygen atoms in total. The zero-order valence-electron chi connectivity index (χ0n) is 17.5. The second-order valence-corrected chi connectivity index (χ2v) is 8.37. The Labute approximate surface area is 187 Å². The molecular weight excluding hydrogens is 418 g/mol. The van der Waals surface area contributed by atoms with Crippen LogP contribution in [0.2, 0.25) is 0 Å². The highest BCUT2D eigenvalue weighted by Gasteiger charge is 2.33. The van der Waals surface area contributed by atoms with Crippen LogP contribution < -0.4 is 19.1 Å². The highest BCUT2D eigenvalue weighted by Crippen LogP contribution is 2.38. The zero-order valence-corrected chi connectivity index (χ0v) is 19.1. The van der Waals surface area contributed by atoms with Gasteiger partial charge in [-0.3, -0.25) is 9.69 Å². The van der Waals surface area contributed by atoms with Gasteiger partial charge in [0, 0.05) is 0 Å². The molecule has 1 atom stereocenters. The second-order valence-electron chi connectivity index (χ2n) is 6.69. The molecule has 1 aliphatic rings. The monoisotopic (exact) mass is 443 g/mol. The van der Waals surface area contributed by atoms with Gasteiger partial charge in [-0.25, -0.2) is 0 Å². The number of amides is 1. The molecule has 0 aliphatic carbocycles. The lowest BCUT2D eigenvalue weighted by Crippen LogP contribution is -2.27. The minimum Gasteiger partial charge on any atom is -0.497 e. The number of carbonyl (C=O) groups is 1. The van der Waals surface area contributed by atoms with Crippen LogP contribution >= 0.6 is 24.0 Å². The number of anilines is 1. The van der Waals surface area contributed by atoms with Crippen molar-refractivity contribution in [2.75, 3.05) is 18.6 Å². The van der Waals surface area contributed by atoms with Crippen molar-refractivity contribution in [1.29, 1.82) is 0 Å². The maximum absolute atomic E-state index is 13.0. The summed E-state index contributed by atoms with van der Waals surface area (Å²) in [5.74, 6) is 1.95. The van der Waals surface area contributed by atoms with Crippen molar-refractivity contribution in [1.82, 2.24) is 0 Å². The van der Waals surface area contributed by atoms with Gasteiger partial charge in [0.1, 0.15) is 5.75 Å². The first-order valence-corrected chi connectivity index (χ1v) is 11.0. The first-order valence-electron chi connectivity index (χ1n) is 9.82. The number of thiocarbonyl (C=S) groups is 1. The van der Waals surface area contributed by atoms with E-state index in [1.807, 2.05) is 62.4 Å². The molecule has 0 aromatic heterocycles. The molecule has 1 fully saturated rings. The predicted octanol–water partition coefficient (Wildman–Crippen LogP) is 5.68. The van der Waals surface area contributed by atoms with E-state index in [0.717, 1.165) is 17.7 Å². The molecule has 0 unspecified atom stereocenters. The number of nitrogens with zero attached hydrogens (tertiary/aromatic N) is 1. The van der Waals surface area contributed by atoms with Crippen LogP contribution in [0.1, 0.15) is 32.8 Å². The molecule has 30 heavy (non-hydrogen) atoms. The summed E-state index contributed by atoms with van der Waals surface area (Å²) in [4.78, 5) is 15.1. The van der Waals surface area contributed by atoms with E-state index in [2.05, 4.69) is 6.92 Å². The number of carbonyl (C=O) groups excluding carboxylic acids is 1. The Morgan fingerprint density at radius 2 is 1.87 bits per heavy atom. The van der Waals surface area contributed by atoms with Gasteiger partial charge in [-0.15, -0.1) is 0 Å². The summed E-state index contributed by atoms with van der Waals surface area (Å²) in [6.45, 7) is 6.55. The fourth-order valence-corrected chi connectivity index (χ4v) is 4.15. The van der Waals surface area contributed by atoms with Gasteiger partial charge in [0.05, 0.1) is 30.4 Å². The van der Waals surface area contributed by atoms with Gasteiger partial charge in [0.2, 0.25) is 0 Å². The minimum absolute atomic E-state index is 0.0933. The predicted molar refractivity (Wildman–Crippen MR) is 127 cm³/mol. The summed E-state index contributed by atoms with van der Waals surface area (Å²) in [5, 5.41) is 0. The molecule has 7 heteroatoms. The van der Waals surface area contributed by atoms with Crippen LogP contribution in [0.25, 0.3) is 6.08 Å². The molecule has 0 spiro atoms. The van der Waals surface area contributed by atoms with E-state index in [0.29, 0.717) is 33.0 Å². The molecule has 0 radical (unpaired) electrons. The Morgan fingerprint density at radius 3 is 2.50 bits per heavy atom. The van der Waals surface area contributed by atoms with Crippen molar-refractivity contribution in [2.24, 2.45) is 0 Å². The summed E-state index contributed by atoms with van der Waals surface area (Å²) >= 11 is 6.74. The Morgan fingerprint density at radius 1 is 1.13 bits per heavy atom. The molecule has 3 rings (SSSR count). The number of hydrogen-bond donors (Lipinski definition) is 0. The highest BCUT2D eigenvalue weighted by atomic mass is 32.2. The Kier molecular flexibility index (Phi) is 7.39. The van der Waals surface area contributed by atoms with E-state index in [-0.39, 0.29) is 12.0 Å². The van der Waals surface area contributed by atoms with E-state index < -0.39 is 0 Å². The van der Waals surface area contributed by atoms with Crippen molar-refractivity contribution in [3.05, 3.63) is 52.9 Å². The third kappa shape index (κ3) is 4.96. The van der Waals surface area contributed by atoms with E-state index in [1.165, 1.54) is 16.7 Å². The molecule has 0 bridgehead atoms. The highest BCUT2D eigenvalue weighted by molar-refractivity contribution is 8.27. The van der Waals surface area contributed by atoms with Gasteiger partial charge in [0.25, 0.3) is 5.91 Å². The maximum atomic E-state index is 13.0. The number of ether oxygens (including phenoxy) is 3. The number of rotatable bonds is 8. The molecule has 1 saturated heterocycles. The third-order valence-corrected chi connectivity index (χ3v) is 5.89. The first-order chi connectivity index (χ1) is 14.5. The van der Waals surface area contributed by atoms with Crippen LogP contribution in [0.5, 0.6) is 17.2 Å². The molecule has 0 N–H and O–H groups in total. The van der Waals surface area contributed by atoms with E-state index in [4.69, 9.17) is 26.4 Å². The molecule has 1 aliphatic heterocycles. The second kappa shape index (κ2) is 10.00. The molecule has 158 valence electrons. The topological polar surface area (TPSA) is 48.0 Å². The van der Waals surface area contributed by atoms with E-state index >= 15 is 0 Å². The Bertz CT molecular complexity index is 956. The first kappa shape index (κ1) is 22.2. The lowest BCUT2D eigenvalue weighted by atomic mass is 10.1. The SMILES string of the molecule is CCOc1cc(/C=C2\SC(=S)N(c3ccc(OC)cc3)C2=O)ccc1O[C@H](C)CC. The Balaban J connectivity index is 1.86. The fourth-order valence-electron chi connectivity index (χ4n) is 2.85. The zero-order chi connectivity index (χ0) is 21.7. The van der Waals surface area contributed by atoms with Crippen molar-refractivity contribution in [3.8, 4) is 17.2 Å². The lowest BCUT2D eigenvalue weighted by molar-refractivity contribution is -0.113. The van der Waals surface area contributed by atoms with Crippen molar-refractivity contribution in [3.63, 3.8) is 0 Å². The van der Waals surface area contributed by atoms with Crippen LogP contribution in [-0.2, 0) is 4.79 Å².